The molecule has 0 rings (SSSR count). The third kappa shape index (κ3) is 15.8. The highest BCUT2D eigenvalue weighted by molar-refractivity contribution is 5.33. The summed E-state index contributed by atoms with van der Waals surface area (Å²) in [5.74, 6) is 2.58. The predicted octanol–water partition coefficient (Wildman–Crippen LogP) is 6.71. The van der Waals surface area contributed by atoms with Crippen LogP contribution in [0.2, 0.25) is 0 Å². The molecule has 0 amide bonds. The molecule has 0 aliphatic rings. The van der Waals surface area contributed by atoms with Gasteiger partial charge >= 0.3 is 0 Å². The molecule has 0 fully saturated rings. The molecule has 0 aromatic carbocycles. The molecule has 2 heteroatoms. The van der Waals surface area contributed by atoms with Crippen LogP contribution < -0.4 is 0 Å². The Morgan fingerprint density at radius 2 is 1.43 bits per heavy atom. The zero-order valence-electron chi connectivity index (χ0n) is 16.2. The molecule has 0 saturated carbocycles. The Morgan fingerprint density at radius 1 is 0.913 bits per heavy atom. The molecule has 0 heterocycles. The van der Waals surface area contributed by atoms with Crippen LogP contribution in [0, 0.1) is 17.8 Å². The summed E-state index contributed by atoms with van der Waals surface area (Å²) >= 11 is 0. The Balaban J connectivity index is 3.61. The van der Waals surface area contributed by atoms with E-state index in [-0.39, 0.29) is 0 Å². The number of isocyanates is 1. The fourth-order valence-electron chi connectivity index (χ4n) is 3.05. The average molecular weight is 322 g/mol. The maximum atomic E-state index is 10.0. The molecule has 0 aliphatic carbocycles. The van der Waals surface area contributed by atoms with Crippen LogP contribution in [0.5, 0.6) is 0 Å². The first-order chi connectivity index (χ1) is 11.0. The minimum atomic E-state index is 0.486. The number of hydrogen-bond donors (Lipinski definition) is 0. The Kier molecular flexibility index (Phi) is 14.1. The zero-order valence-corrected chi connectivity index (χ0v) is 16.2. The summed E-state index contributed by atoms with van der Waals surface area (Å²) < 4.78 is 0. The molecule has 0 bridgehead atoms. The molecule has 0 aromatic rings. The van der Waals surface area contributed by atoms with E-state index in [1.165, 1.54) is 56.9 Å². The predicted molar refractivity (Wildman–Crippen MR) is 101 cm³/mol. The Bertz CT molecular complexity index is 353. The largest absolute Gasteiger partial charge is 0.235 e. The van der Waals surface area contributed by atoms with E-state index in [0.717, 1.165) is 24.2 Å². The SMILES string of the molecule is C/C(=C\CN=C=O)CCC[C@H](C)CCC[C@H](C)CCCC(C)C. The molecule has 2 nitrogen and oxygen atoms in total. The van der Waals surface area contributed by atoms with Crippen LogP contribution in [0.3, 0.4) is 0 Å². The van der Waals surface area contributed by atoms with Crippen molar-refractivity contribution >= 4 is 6.08 Å². The van der Waals surface area contributed by atoms with Crippen LogP contribution in [0.25, 0.3) is 0 Å². The Hall–Kier alpha value is -0.880. The first-order valence-corrected chi connectivity index (χ1v) is 9.65. The lowest BCUT2D eigenvalue weighted by Crippen LogP contribution is -2.00. The van der Waals surface area contributed by atoms with Gasteiger partial charge in [-0.25, -0.2) is 9.79 Å². The molecule has 134 valence electrons. The summed E-state index contributed by atoms with van der Waals surface area (Å²) in [6.45, 7) is 12.1. The van der Waals surface area contributed by atoms with E-state index in [1.807, 2.05) is 6.08 Å². The van der Waals surface area contributed by atoms with E-state index >= 15 is 0 Å². The molecule has 0 spiro atoms. The number of nitrogens with zero attached hydrogens (tertiary/aromatic N) is 1. The first-order valence-electron chi connectivity index (χ1n) is 9.65. The molecule has 0 aromatic heterocycles. The Morgan fingerprint density at radius 3 is 1.96 bits per heavy atom. The molecule has 0 aliphatic heterocycles. The smallest absolute Gasteiger partial charge is 0.211 e. The second-order valence-corrected chi connectivity index (χ2v) is 7.84. The third-order valence-corrected chi connectivity index (χ3v) is 4.74. The summed E-state index contributed by atoms with van der Waals surface area (Å²) in [6.07, 6.45) is 15.6. The molecule has 0 unspecified atom stereocenters. The van der Waals surface area contributed by atoms with Crippen LogP contribution in [0.1, 0.15) is 92.4 Å². The van der Waals surface area contributed by atoms with Crippen molar-refractivity contribution in [3.63, 3.8) is 0 Å². The third-order valence-electron chi connectivity index (χ3n) is 4.74. The van der Waals surface area contributed by atoms with Crippen molar-refractivity contribution in [2.75, 3.05) is 6.54 Å². The summed E-state index contributed by atoms with van der Waals surface area (Å²) in [5.41, 5.74) is 1.34. The molecular weight excluding hydrogens is 282 g/mol. The highest BCUT2D eigenvalue weighted by Crippen LogP contribution is 2.21. The summed E-state index contributed by atoms with van der Waals surface area (Å²) in [6, 6.07) is 0. The summed E-state index contributed by atoms with van der Waals surface area (Å²) in [4.78, 5) is 13.6. The van der Waals surface area contributed by atoms with Crippen molar-refractivity contribution in [1.29, 1.82) is 0 Å². The standard InChI is InChI=1S/C21H39NO/c1-18(2)9-6-10-19(3)11-7-12-20(4)13-8-14-21(5)15-16-22-17-23/h15,18-20H,6-14,16H2,1-5H3/b21-15+/t19-,20-/m1/s1. The molecule has 0 N–H and O–H groups in total. The second kappa shape index (κ2) is 14.7. The van der Waals surface area contributed by atoms with E-state index in [4.69, 9.17) is 0 Å². The van der Waals surface area contributed by atoms with Gasteiger partial charge in [-0.05, 0) is 37.5 Å². The molecule has 0 saturated heterocycles. The van der Waals surface area contributed by atoms with Crippen molar-refractivity contribution in [2.24, 2.45) is 22.7 Å². The van der Waals surface area contributed by atoms with Gasteiger partial charge < -0.3 is 0 Å². The van der Waals surface area contributed by atoms with E-state index in [9.17, 15) is 4.79 Å². The van der Waals surface area contributed by atoms with Gasteiger partial charge in [0.15, 0.2) is 0 Å². The van der Waals surface area contributed by atoms with Crippen LogP contribution >= 0.6 is 0 Å². The number of aliphatic imine (C=N–C) groups is 1. The normalized spacial score (nSPS) is 14.6. The minimum Gasteiger partial charge on any atom is -0.211 e. The van der Waals surface area contributed by atoms with E-state index in [1.54, 1.807) is 6.08 Å². The maximum absolute atomic E-state index is 10.0. The number of allylic oxidation sites excluding steroid dienone is 1. The van der Waals surface area contributed by atoms with Gasteiger partial charge in [0.1, 0.15) is 0 Å². The lowest BCUT2D eigenvalue weighted by atomic mass is 9.91. The van der Waals surface area contributed by atoms with Crippen molar-refractivity contribution in [3.05, 3.63) is 11.6 Å². The fraction of sp³-hybridized carbons (Fsp3) is 0.857. The Labute approximate surface area is 144 Å². The second-order valence-electron chi connectivity index (χ2n) is 7.84. The van der Waals surface area contributed by atoms with Crippen molar-refractivity contribution in [1.82, 2.24) is 0 Å². The topological polar surface area (TPSA) is 29.4 Å². The highest BCUT2D eigenvalue weighted by atomic mass is 16.1. The zero-order chi connectivity index (χ0) is 17.5. The van der Waals surface area contributed by atoms with Crippen molar-refractivity contribution < 1.29 is 4.79 Å². The van der Waals surface area contributed by atoms with Gasteiger partial charge in [0, 0.05) is 0 Å². The van der Waals surface area contributed by atoms with Crippen molar-refractivity contribution in [2.45, 2.75) is 92.4 Å². The quantitative estimate of drug-likeness (QED) is 0.199. The number of hydrogen-bond acceptors (Lipinski definition) is 2. The molecule has 23 heavy (non-hydrogen) atoms. The summed E-state index contributed by atoms with van der Waals surface area (Å²) in [7, 11) is 0. The van der Waals surface area contributed by atoms with Crippen LogP contribution in [0.4, 0.5) is 0 Å². The van der Waals surface area contributed by atoms with E-state index in [2.05, 4.69) is 39.6 Å². The first kappa shape index (κ1) is 22.1. The maximum Gasteiger partial charge on any atom is 0.235 e. The lowest BCUT2D eigenvalue weighted by Gasteiger charge is -2.15. The molecule has 2 atom stereocenters. The average Bonchev–Trinajstić information content (AvgIpc) is 2.47. The fourth-order valence-corrected chi connectivity index (χ4v) is 3.05. The number of rotatable bonds is 14. The highest BCUT2D eigenvalue weighted by Gasteiger charge is 2.06. The van der Waals surface area contributed by atoms with Gasteiger partial charge in [-0.3, -0.25) is 0 Å². The van der Waals surface area contributed by atoms with Gasteiger partial charge in [0.25, 0.3) is 0 Å². The molecular formula is C21H39NO. The van der Waals surface area contributed by atoms with E-state index < -0.39 is 0 Å². The number of carbonyl (C=O) groups excluding carboxylic acids is 1. The monoisotopic (exact) mass is 321 g/mol. The van der Waals surface area contributed by atoms with Gasteiger partial charge in [0.2, 0.25) is 6.08 Å². The van der Waals surface area contributed by atoms with Gasteiger partial charge in [-0.2, -0.15) is 0 Å². The summed E-state index contributed by atoms with van der Waals surface area (Å²) in [5, 5.41) is 0. The van der Waals surface area contributed by atoms with Gasteiger partial charge in [-0.15, -0.1) is 0 Å². The van der Waals surface area contributed by atoms with Crippen LogP contribution in [0.15, 0.2) is 16.6 Å². The van der Waals surface area contributed by atoms with E-state index in [0.29, 0.717) is 6.54 Å². The molecule has 0 radical (unpaired) electrons. The minimum absolute atomic E-state index is 0.486. The van der Waals surface area contributed by atoms with Gasteiger partial charge in [-0.1, -0.05) is 84.3 Å². The van der Waals surface area contributed by atoms with Crippen LogP contribution in [-0.2, 0) is 4.79 Å². The van der Waals surface area contributed by atoms with Gasteiger partial charge in [0.05, 0.1) is 6.54 Å². The van der Waals surface area contributed by atoms with Crippen molar-refractivity contribution in [3.8, 4) is 0 Å². The van der Waals surface area contributed by atoms with Crippen LogP contribution in [-0.4, -0.2) is 12.6 Å². The lowest BCUT2D eigenvalue weighted by molar-refractivity contribution is 0.389.